The molecule has 1 fully saturated rings. The number of rotatable bonds is 5. The standard InChI is InChI=1S/C17H20ClN5O3/c18-13-5-3-11(4-6-13)16-21-14(26-22-16)7-8-20-17(25)23-9-1-2-12(10-23)15(19)24/h3-6,12H,1-2,7-10H2,(H2,19,24)(H,20,25)/t12-/m1/s1. The van der Waals surface area contributed by atoms with Gasteiger partial charge in [-0.15, -0.1) is 0 Å². The average Bonchev–Trinajstić information content (AvgIpc) is 3.11. The number of nitrogens with two attached hydrogens (primary N) is 1. The van der Waals surface area contributed by atoms with Crippen LogP contribution in [0.1, 0.15) is 18.7 Å². The molecule has 1 aromatic carbocycles. The molecule has 0 bridgehead atoms. The average molecular weight is 378 g/mol. The van der Waals surface area contributed by atoms with E-state index in [0.717, 1.165) is 18.4 Å². The molecule has 1 atom stereocenters. The molecule has 9 heteroatoms. The van der Waals surface area contributed by atoms with Gasteiger partial charge < -0.3 is 20.5 Å². The van der Waals surface area contributed by atoms with Gasteiger partial charge in [0, 0.05) is 36.6 Å². The Bertz CT molecular complexity index is 777. The van der Waals surface area contributed by atoms with Gasteiger partial charge in [-0.05, 0) is 37.1 Å². The Balaban J connectivity index is 1.48. The van der Waals surface area contributed by atoms with E-state index >= 15 is 0 Å². The lowest BCUT2D eigenvalue weighted by Gasteiger charge is -2.31. The highest BCUT2D eigenvalue weighted by atomic mass is 35.5. The molecule has 0 spiro atoms. The zero-order valence-corrected chi connectivity index (χ0v) is 14.9. The first kappa shape index (κ1) is 18.2. The summed E-state index contributed by atoms with van der Waals surface area (Å²) < 4.78 is 5.20. The molecule has 1 aliphatic heterocycles. The number of benzene rings is 1. The van der Waals surface area contributed by atoms with E-state index in [4.69, 9.17) is 21.9 Å². The molecule has 3 N–H and O–H groups in total. The van der Waals surface area contributed by atoms with Gasteiger partial charge in [0.2, 0.25) is 17.6 Å². The van der Waals surface area contributed by atoms with Crippen LogP contribution in [0.2, 0.25) is 5.02 Å². The predicted octanol–water partition coefficient (Wildman–Crippen LogP) is 1.84. The van der Waals surface area contributed by atoms with Crippen LogP contribution in [0.25, 0.3) is 11.4 Å². The molecule has 0 unspecified atom stereocenters. The molecule has 1 aromatic heterocycles. The fourth-order valence-electron chi connectivity index (χ4n) is 2.85. The third kappa shape index (κ3) is 4.51. The molecule has 3 amide bonds. The molecular formula is C17H20ClN5O3. The molecule has 1 saturated heterocycles. The monoisotopic (exact) mass is 377 g/mol. The molecule has 1 aliphatic rings. The zero-order chi connectivity index (χ0) is 18.5. The minimum absolute atomic E-state index is 0.214. The maximum Gasteiger partial charge on any atom is 0.317 e. The minimum Gasteiger partial charge on any atom is -0.369 e. The number of urea groups is 1. The molecular weight excluding hydrogens is 358 g/mol. The number of nitrogens with one attached hydrogen (secondary N) is 1. The maximum absolute atomic E-state index is 12.2. The van der Waals surface area contributed by atoms with Gasteiger partial charge in [0.05, 0.1) is 5.92 Å². The van der Waals surface area contributed by atoms with Crippen molar-refractivity contribution in [1.82, 2.24) is 20.4 Å². The summed E-state index contributed by atoms with van der Waals surface area (Å²) in [6.07, 6.45) is 1.92. The number of carbonyl (C=O) groups is 2. The predicted molar refractivity (Wildman–Crippen MR) is 95.3 cm³/mol. The van der Waals surface area contributed by atoms with Gasteiger partial charge in [0.25, 0.3) is 0 Å². The first-order chi connectivity index (χ1) is 12.5. The molecule has 138 valence electrons. The molecule has 2 heterocycles. The van der Waals surface area contributed by atoms with Gasteiger partial charge in [-0.2, -0.15) is 4.98 Å². The van der Waals surface area contributed by atoms with E-state index in [1.807, 2.05) is 12.1 Å². The third-order valence-corrected chi connectivity index (χ3v) is 4.55. The summed E-state index contributed by atoms with van der Waals surface area (Å²) in [4.78, 5) is 29.4. The maximum atomic E-state index is 12.2. The number of likely N-dealkylation sites (tertiary alicyclic amines) is 1. The largest absolute Gasteiger partial charge is 0.369 e. The lowest BCUT2D eigenvalue weighted by Crippen LogP contribution is -2.48. The Hall–Kier alpha value is -2.61. The van der Waals surface area contributed by atoms with Crippen molar-refractivity contribution < 1.29 is 14.1 Å². The molecule has 0 saturated carbocycles. The summed E-state index contributed by atoms with van der Waals surface area (Å²) in [5.74, 6) is 0.280. The highest BCUT2D eigenvalue weighted by Gasteiger charge is 2.26. The second-order valence-electron chi connectivity index (χ2n) is 6.19. The normalized spacial score (nSPS) is 17.1. The summed E-state index contributed by atoms with van der Waals surface area (Å²) in [6, 6.07) is 6.92. The van der Waals surface area contributed by atoms with Crippen molar-refractivity contribution in [3.05, 3.63) is 35.2 Å². The highest BCUT2D eigenvalue weighted by molar-refractivity contribution is 6.30. The summed E-state index contributed by atoms with van der Waals surface area (Å²) in [7, 11) is 0. The van der Waals surface area contributed by atoms with Crippen LogP contribution in [-0.2, 0) is 11.2 Å². The van der Waals surface area contributed by atoms with Crippen LogP contribution in [0, 0.1) is 5.92 Å². The number of hydrogen-bond acceptors (Lipinski definition) is 5. The Morgan fingerprint density at radius 1 is 1.35 bits per heavy atom. The number of carbonyl (C=O) groups excluding carboxylic acids is 2. The van der Waals surface area contributed by atoms with E-state index in [1.54, 1.807) is 17.0 Å². The van der Waals surface area contributed by atoms with Crippen LogP contribution in [0.4, 0.5) is 4.79 Å². The van der Waals surface area contributed by atoms with Crippen molar-refractivity contribution in [2.75, 3.05) is 19.6 Å². The highest BCUT2D eigenvalue weighted by Crippen LogP contribution is 2.19. The van der Waals surface area contributed by atoms with Gasteiger partial charge in [0.15, 0.2) is 0 Å². The van der Waals surface area contributed by atoms with Gasteiger partial charge in [-0.1, -0.05) is 16.8 Å². The van der Waals surface area contributed by atoms with Crippen molar-refractivity contribution in [1.29, 1.82) is 0 Å². The Labute approximate surface area is 155 Å². The number of hydrogen-bond donors (Lipinski definition) is 2. The van der Waals surface area contributed by atoms with Crippen molar-refractivity contribution in [3.8, 4) is 11.4 Å². The minimum atomic E-state index is -0.358. The van der Waals surface area contributed by atoms with Crippen LogP contribution in [0.15, 0.2) is 28.8 Å². The molecule has 8 nitrogen and oxygen atoms in total. The molecule has 0 radical (unpaired) electrons. The second-order valence-corrected chi connectivity index (χ2v) is 6.62. The zero-order valence-electron chi connectivity index (χ0n) is 14.2. The van der Waals surface area contributed by atoms with Crippen molar-refractivity contribution in [3.63, 3.8) is 0 Å². The van der Waals surface area contributed by atoms with Gasteiger partial charge in [0.1, 0.15) is 0 Å². The first-order valence-corrected chi connectivity index (χ1v) is 8.81. The van der Waals surface area contributed by atoms with Gasteiger partial charge in [-0.25, -0.2) is 4.79 Å². The number of aromatic nitrogens is 2. The lowest BCUT2D eigenvalue weighted by molar-refractivity contribution is -0.123. The number of amides is 3. The number of primary amides is 1. The number of halogens is 1. The van der Waals surface area contributed by atoms with Crippen LogP contribution in [0.3, 0.4) is 0 Å². The smallest absolute Gasteiger partial charge is 0.317 e. The van der Waals surface area contributed by atoms with Crippen LogP contribution in [0.5, 0.6) is 0 Å². The lowest BCUT2D eigenvalue weighted by atomic mass is 9.98. The summed E-state index contributed by atoms with van der Waals surface area (Å²) in [5.41, 5.74) is 6.14. The molecule has 26 heavy (non-hydrogen) atoms. The molecule has 3 rings (SSSR count). The Kier molecular flexibility index (Phi) is 5.72. The van der Waals surface area contributed by atoms with E-state index < -0.39 is 0 Å². The van der Waals surface area contributed by atoms with Crippen molar-refractivity contribution in [2.45, 2.75) is 19.3 Å². The fourth-order valence-corrected chi connectivity index (χ4v) is 2.98. The third-order valence-electron chi connectivity index (χ3n) is 4.30. The Morgan fingerprint density at radius 2 is 2.12 bits per heavy atom. The van der Waals surface area contributed by atoms with Crippen molar-refractivity contribution >= 4 is 23.5 Å². The van der Waals surface area contributed by atoms with E-state index in [1.165, 1.54) is 0 Å². The van der Waals surface area contributed by atoms with E-state index in [2.05, 4.69) is 15.5 Å². The summed E-state index contributed by atoms with van der Waals surface area (Å²) >= 11 is 5.86. The first-order valence-electron chi connectivity index (χ1n) is 8.43. The SMILES string of the molecule is NC(=O)[C@@H]1CCCN(C(=O)NCCc2nc(-c3ccc(Cl)cc3)no2)C1. The molecule has 2 aromatic rings. The topological polar surface area (TPSA) is 114 Å². The summed E-state index contributed by atoms with van der Waals surface area (Å²) in [5, 5.41) is 7.37. The summed E-state index contributed by atoms with van der Waals surface area (Å²) in [6.45, 7) is 1.35. The number of piperidine rings is 1. The van der Waals surface area contributed by atoms with Crippen LogP contribution in [-0.4, -0.2) is 46.6 Å². The van der Waals surface area contributed by atoms with Crippen LogP contribution >= 0.6 is 11.6 Å². The van der Waals surface area contributed by atoms with E-state index in [-0.39, 0.29) is 17.9 Å². The van der Waals surface area contributed by atoms with Crippen LogP contribution < -0.4 is 11.1 Å². The van der Waals surface area contributed by atoms with Gasteiger partial charge in [-0.3, -0.25) is 4.79 Å². The quantitative estimate of drug-likeness (QED) is 0.825. The van der Waals surface area contributed by atoms with E-state index in [9.17, 15) is 9.59 Å². The van der Waals surface area contributed by atoms with Gasteiger partial charge >= 0.3 is 6.03 Å². The second kappa shape index (κ2) is 8.18. The number of nitrogens with zero attached hydrogens (tertiary/aromatic N) is 3. The fraction of sp³-hybridized carbons (Fsp3) is 0.412. The van der Waals surface area contributed by atoms with Crippen molar-refractivity contribution in [2.24, 2.45) is 11.7 Å². The van der Waals surface area contributed by atoms with E-state index in [0.29, 0.717) is 42.8 Å². The Morgan fingerprint density at radius 3 is 2.85 bits per heavy atom. The molecule has 0 aliphatic carbocycles.